The monoisotopic (exact) mass is 269 g/mol. The van der Waals surface area contributed by atoms with Gasteiger partial charge in [-0.3, -0.25) is 4.79 Å². The number of aliphatic carboxylic acids is 1. The zero-order valence-electron chi connectivity index (χ0n) is 11.4. The van der Waals surface area contributed by atoms with Gasteiger partial charge in [0.2, 0.25) is 5.91 Å². The van der Waals surface area contributed by atoms with Crippen LogP contribution in [0.15, 0.2) is 0 Å². The second-order valence-electron chi connectivity index (χ2n) is 5.88. The Balaban J connectivity index is 1.77. The molecular weight excluding hydrogens is 246 g/mol. The first-order valence-electron chi connectivity index (χ1n) is 7.11. The van der Waals surface area contributed by atoms with Crippen molar-refractivity contribution >= 4 is 11.9 Å². The minimum Gasteiger partial charge on any atom is -0.480 e. The topological polar surface area (TPSA) is 75.6 Å². The van der Waals surface area contributed by atoms with E-state index in [1.165, 1.54) is 26.4 Å². The van der Waals surface area contributed by atoms with Gasteiger partial charge in [0.25, 0.3) is 0 Å². The molecule has 0 heterocycles. The van der Waals surface area contributed by atoms with Gasteiger partial charge >= 0.3 is 5.97 Å². The minimum absolute atomic E-state index is 0.124. The van der Waals surface area contributed by atoms with Crippen LogP contribution in [0.4, 0.5) is 0 Å². The largest absolute Gasteiger partial charge is 0.480 e. The zero-order valence-corrected chi connectivity index (χ0v) is 11.4. The number of hydrogen-bond donors (Lipinski definition) is 2. The van der Waals surface area contributed by atoms with E-state index in [2.05, 4.69) is 5.32 Å². The van der Waals surface area contributed by atoms with Crippen LogP contribution in [-0.4, -0.2) is 36.7 Å². The highest BCUT2D eigenvalue weighted by Gasteiger charge is 2.40. The second kappa shape index (κ2) is 6.37. The summed E-state index contributed by atoms with van der Waals surface area (Å²) in [6.45, 7) is 0.339. The lowest BCUT2D eigenvalue weighted by molar-refractivity contribution is -0.142. The number of carbonyl (C=O) groups is 2. The van der Waals surface area contributed by atoms with Gasteiger partial charge in [0.1, 0.15) is 6.04 Å². The van der Waals surface area contributed by atoms with Crippen LogP contribution in [0.25, 0.3) is 0 Å². The first-order chi connectivity index (χ1) is 9.10. The molecule has 108 valence electrons. The van der Waals surface area contributed by atoms with Crippen molar-refractivity contribution < 1.29 is 19.4 Å². The Morgan fingerprint density at radius 3 is 2.68 bits per heavy atom. The van der Waals surface area contributed by atoms with E-state index < -0.39 is 12.0 Å². The fourth-order valence-electron chi connectivity index (χ4n) is 3.61. The summed E-state index contributed by atoms with van der Waals surface area (Å²) < 4.78 is 4.86. The van der Waals surface area contributed by atoms with Gasteiger partial charge in [-0.05, 0) is 37.0 Å². The van der Waals surface area contributed by atoms with Crippen molar-refractivity contribution in [3.63, 3.8) is 0 Å². The molecule has 0 aliphatic heterocycles. The SMILES string of the molecule is COCCC(NC(=O)CC1CC2CCC1C2)C(=O)O. The molecule has 0 aromatic carbocycles. The number of ether oxygens (including phenoxy) is 1. The predicted octanol–water partition coefficient (Wildman–Crippen LogP) is 1.42. The van der Waals surface area contributed by atoms with Gasteiger partial charge in [-0.15, -0.1) is 0 Å². The maximum Gasteiger partial charge on any atom is 0.326 e. The first kappa shape index (κ1) is 14.3. The van der Waals surface area contributed by atoms with Gasteiger partial charge in [0.15, 0.2) is 0 Å². The van der Waals surface area contributed by atoms with Gasteiger partial charge < -0.3 is 15.2 Å². The van der Waals surface area contributed by atoms with Crippen molar-refractivity contribution in [2.24, 2.45) is 17.8 Å². The summed E-state index contributed by atoms with van der Waals surface area (Å²) in [5.74, 6) is 0.861. The fourth-order valence-corrected chi connectivity index (χ4v) is 3.61. The van der Waals surface area contributed by atoms with Crippen molar-refractivity contribution in [1.82, 2.24) is 5.32 Å². The van der Waals surface area contributed by atoms with Crippen LogP contribution in [-0.2, 0) is 14.3 Å². The third-order valence-corrected chi connectivity index (χ3v) is 4.58. The van der Waals surface area contributed by atoms with Gasteiger partial charge in [-0.1, -0.05) is 6.42 Å². The number of hydrogen-bond acceptors (Lipinski definition) is 3. The van der Waals surface area contributed by atoms with E-state index in [1.807, 2.05) is 0 Å². The molecule has 0 radical (unpaired) electrons. The normalized spacial score (nSPS) is 30.3. The first-order valence-corrected chi connectivity index (χ1v) is 7.11. The summed E-state index contributed by atoms with van der Waals surface area (Å²) in [5.41, 5.74) is 0. The van der Waals surface area contributed by atoms with E-state index in [-0.39, 0.29) is 5.91 Å². The van der Waals surface area contributed by atoms with Crippen LogP contribution >= 0.6 is 0 Å². The quantitative estimate of drug-likeness (QED) is 0.733. The van der Waals surface area contributed by atoms with Crippen molar-refractivity contribution in [3.05, 3.63) is 0 Å². The molecule has 4 atom stereocenters. The van der Waals surface area contributed by atoms with E-state index in [0.717, 1.165) is 12.3 Å². The minimum atomic E-state index is -0.988. The van der Waals surface area contributed by atoms with Crippen LogP contribution in [0, 0.1) is 17.8 Å². The second-order valence-corrected chi connectivity index (χ2v) is 5.88. The Kier molecular flexibility index (Phi) is 4.80. The number of fused-ring (bicyclic) bond motifs is 2. The van der Waals surface area contributed by atoms with E-state index >= 15 is 0 Å². The van der Waals surface area contributed by atoms with E-state index in [4.69, 9.17) is 9.84 Å². The van der Waals surface area contributed by atoms with Gasteiger partial charge in [-0.2, -0.15) is 0 Å². The van der Waals surface area contributed by atoms with Crippen LogP contribution in [0.2, 0.25) is 0 Å². The average molecular weight is 269 g/mol. The van der Waals surface area contributed by atoms with Crippen molar-refractivity contribution in [2.75, 3.05) is 13.7 Å². The molecule has 5 nitrogen and oxygen atoms in total. The van der Waals surface area contributed by atoms with Crippen LogP contribution < -0.4 is 5.32 Å². The highest BCUT2D eigenvalue weighted by atomic mass is 16.5. The Labute approximate surface area is 113 Å². The molecule has 19 heavy (non-hydrogen) atoms. The lowest BCUT2D eigenvalue weighted by atomic mass is 9.86. The summed E-state index contributed by atoms with van der Waals surface area (Å²) in [4.78, 5) is 23.0. The van der Waals surface area contributed by atoms with Crippen LogP contribution in [0.1, 0.15) is 38.5 Å². The molecular formula is C14H23NO4. The van der Waals surface area contributed by atoms with E-state index in [1.54, 1.807) is 0 Å². The van der Waals surface area contributed by atoms with Gasteiger partial charge in [-0.25, -0.2) is 4.79 Å². The molecule has 2 saturated carbocycles. The number of carboxylic acids is 1. The standard InChI is InChI=1S/C14H23NO4/c1-19-5-4-12(14(17)18)15-13(16)8-11-7-9-2-3-10(11)6-9/h9-12H,2-8H2,1H3,(H,15,16)(H,17,18). The molecule has 0 spiro atoms. The lowest BCUT2D eigenvalue weighted by Gasteiger charge is -2.22. The number of carbonyl (C=O) groups excluding carboxylic acids is 1. The molecule has 0 saturated heterocycles. The van der Waals surface area contributed by atoms with Gasteiger partial charge in [0, 0.05) is 26.6 Å². The summed E-state index contributed by atoms with van der Waals surface area (Å²) in [6, 6.07) is -0.828. The molecule has 0 aromatic heterocycles. The Bertz CT molecular complexity index is 344. The molecule has 2 N–H and O–H groups in total. The predicted molar refractivity (Wildman–Crippen MR) is 69.6 cm³/mol. The molecule has 1 amide bonds. The smallest absolute Gasteiger partial charge is 0.326 e. The third-order valence-electron chi connectivity index (χ3n) is 4.58. The molecule has 2 bridgehead atoms. The highest BCUT2D eigenvalue weighted by molar-refractivity contribution is 5.83. The Morgan fingerprint density at radius 1 is 1.37 bits per heavy atom. The highest BCUT2D eigenvalue weighted by Crippen LogP contribution is 2.49. The summed E-state index contributed by atoms with van der Waals surface area (Å²) >= 11 is 0. The lowest BCUT2D eigenvalue weighted by Crippen LogP contribution is -2.42. The molecule has 5 heteroatoms. The van der Waals surface area contributed by atoms with Gasteiger partial charge in [0.05, 0.1) is 0 Å². The molecule has 2 rings (SSSR count). The van der Waals surface area contributed by atoms with Crippen molar-refractivity contribution in [3.8, 4) is 0 Å². The molecule has 2 fully saturated rings. The molecule has 2 aliphatic rings. The number of nitrogens with one attached hydrogen (secondary N) is 1. The molecule has 0 aromatic rings. The summed E-state index contributed by atoms with van der Waals surface area (Å²) in [6.07, 6.45) is 5.77. The summed E-state index contributed by atoms with van der Waals surface area (Å²) in [5, 5.41) is 11.7. The summed E-state index contributed by atoms with van der Waals surface area (Å²) in [7, 11) is 1.52. The van der Waals surface area contributed by atoms with Crippen molar-refractivity contribution in [1.29, 1.82) is 0 Å². The number of carboxylic acid groups (broad SMARTS) is 1. The van der Waals surface area contributed by atoms with Crippen LogP contribution in [0.5, 0.6) is 0 Å². The number of amides is 1. The number of methoxy groups -OCH3 is 1. The van der Waals surface area contributed by atoms with Crippen LogP contribution in [0.3, 0.4) is 0 Å². The fraction of sp³-hybridized carbons (Fsp3) is 0.857. The van der Waals surface area contributed by atoms with E-state index in [9.17, 15) is 9.59 Å². The van der Waals surface area contributed by atoms with E-state index in [0.29, 0.717) is 31.3 Å². The third kappa shape index (κ3) is 3.69. The Hall–Kier alpha value is -1.10. The maximum atomic E-state index is 11.9. The Morgan fingerprint density at radius 2 is 2.16 bits per heavy atom. The average Bonchev–Trinajstić information content (AvgIpc) is 2.96. The van der Waals surface area contributed by atoms with Crippen molar-refractivity contribution in [2.45, 2.75) is 44.6 Å². The molecule has 4 unspecified atom stereocenters. The maximum absolute atomic E-state index is 11.9. The zero-order chi connectivity index (χ0) is 13.8. The molecule has 2 aliphatic carbocycles. The number of rotatable bonds is 7.